The molecule has 2 aromatic rings. The first kappa shape index (κ1) is 14.0. The van der Waals surface area contributed by atoms with Crippen LogP contribution in [-0.2, 0) is 4.79 Å². The van der Waals surface area contributed by atoms with Crippen molar-refractivity contribution in [1.82, 2.24) is 4.98 Å². The number of aromatic nitrogens is 1. The summed E-state index contributed by atoms with van der Waals surface area (Å²) < 4.78 is 12.9. The lowest BCUT2D eigenvalue weighted by Gasteiger charge is -2.30. The summed E-state index contributed by atoms with van der Waals surface area (Å²) in [5, 5.41) is 11.9. The molecule has 6 heteroatoms. The van der Waals surface area contributed by atoms with Crippen molar-refractivity contribution in [3.05, 3.63) is 35.5 Å². The van der Waals surface area contributed by atoms with E-state index in [1.165, 1.54) is 23.5 Å². The minimum absolute atomic E-state index is 0.269. The van der Waals surface area contributed by atoms with E-state index in [9.17, 15) is 9.18 Å². The van der Waals surface area contributed by atoms with E-state index in [2.05, 4.69) is 4.98 Å². The summed E-state index contributed by atoms with van der Waals surface area (Å²) in [6.45, 7) is 1.34. The molecule has 0 spiro atoms. The second-order valence-electron chi connectivity index (χ2n) is 5.15. The highest BCUT2D eigenvalue weighted by atomic mass is 32.1. The molecule has 0 aliphatic carbocycles. The second kappa shape index (κ2) is 5.81. The number of rotatable bonds is 3. The maximum absolute atomic E-state index is 12.9. The van der Waals surface area contributed by atoms with Gasteiger partial charge in [-0.2, -0.15) is 0 Å². The maximum atomic E-state index is 12.9. The van der Waals surface area contributed by atoms with E-state index in [1.807, 2.05) is 10.3 Å². The van der Waals surface area contributed by atoms with Crippen molar-refractivity contribution in [2.45, 2.75) is 12.8 Å². The van der Waals surface area contributed by atoms with Crippen molar-refractivity contribution in [2.24, 2.45) is 5.92 Å². The molecule has 0 radical (unpaired) electrons. The van der Waals surface area contributed by atoms with Gasteiger partial charge in [-0.25, -0.2) is 9.37 Å². The van der Waals surface area contributed by atoms with Crippen molar-refractivity contribution < 1.29 is 14.3 Å². The Morgan fingerprint density at radius 1 is 1.38 bits per heavy atom. The zero-order chi connectivity index (χ0) is 14.8. The molecule has 21 heavy (non-hydrogen) atoms. The minimum atomic E-state index is -0.741. The third-order valence-corrected chi connectivity index (χ3v) is 4.57. The minimum Gasteiger partial charge on any atom is -0.481 e. The van der Waals surface area contributed by atoms with E-state index in [0.29, 0.717) is 6.54 Å². The van der Waals surface area contributed by atoms with Crippen LogP contribution in [0.2, 0.25) is 0 Å². The smallest absolute Gasteiger partial charge is 0.308 e. The third kappa shape index (κ3) is 3.05. The number of thiazole rings is 1. The predicted molar refractivity (Wildman–Crippen MR) is 80.1 cm³/mol. The third-order valence-electron chi connectivity index (χ3n) is 3.67. The Bertz CT molecular complexity index is 641. The van der Waals surface area contributed by atoms with Crippen LogP contribution in [0.1, 0.15) is 12.8 Å². The van der Waals surface area contributed by atoms with Gasteiger partial charge in [-0.3, -0.25) is 4.79 Å². The highest BCUT2D eigenvalue weighted by molar-refractivity contribution is 7.14. The Kier molecular flexibility index (Phi) is 3.88. The number of carboxylic acid groups (broad SMARTS) is 1. The van der Waals surface area contributed by atoms with Gasteiger partial charge in [-0.1, -0.05) is 0 Å². The Morgan fingerprint density at radius 3 is 2.86 bits per heavy atom. The molecule has 1 aliphatic rings. The van der Waals surface area contributed by atoms with Crippen LogP contribution >= 0.6 is 11.3 Å². The van der Waals surface area contributed by atoms with Gasteiger partial charge in [0, 0.05) is 24.0 Å². The van der Waals surface area contributed by atoms with Crippen molar-refractivity contribution in [3.8, 4) is 11.3 Å². The molecule has 0 saturated carbocycles. The van der Waals surface area contributed by atoms with Gasteiger partial charge in [0.15, 0.2) is 5.13 Å². The number of carbonyl (C=O) groups is 1. The number of aliphatic carboxylic acids is 1. The van der Waals surface area contributed by atoms with E-state index in [1.54, 1.807) is 12.1 Å². The molecule has 2 heterocycles. The van der Waals surface area contributed by atoms with Crippen molar-refractivity contribution in [2.75, 3.05) is 18.0 Å². The maximum Gasteiger partial charge on any atom is 0.308 e. The molecule has 1 aromatic heterocycles. The van der Waals surface area contributed by atoms with E-state index in [4.69, 9.17) is 5.11 Å². The van der Waals surface area contributed by atoms with Crippen LogP contribution in [0.15, 0.2) is 29.6 Å². The molecular formula is C15H15FN2O2S. The SMILES string of the molecule is O=C(O)C1CCCN(c2nc(-c3ccc(F)cc3)cs2)C1. The first-order chi connectivity index (χ1) is 10.1. The van der Waals surface area contributed by atoms with Crippen molar-refractivity contribution in [3.63, 3.8) is 0 Å². The summed E-state index contributed by atoms with van der Waals surface area (Å²) in [6.07, 6.45) is 1.59. The fourth-order valence-corrected chi connectivity index (χ4v) is 3.39. The van der Waals surface area contributed by atoms with Crippen LogP contribution in [0.5, 0.6) is 0 Å². The quantitative estimate of drug-likeness (QED) is 0.946. The number of nitrogens with zero attached hydrogens (tertiary/aromatic N) is 2. The van der Waals surface area contributed by atoms with E-state index in [-0.39, 0.29) is 11.7 Å². The molecule has 1 unspecified atom stereocenters. The molecule has 110 valence electrons. The number of hydrogen-bond acceptors (Lipinski definition) is 4. The Labute approximate surface area is 125 Å². The summed E-state index contributed by atoms with van der Waals surface area (Å²) in [5.74, 6) is -1.33. The highest BCUT2D eigenvalue weighted by Crippen LogP contribution is 2.30. The zero-order valence-electron chi connectivity index (χ0n) is 11.3. The standard InChI is InChI=1S/C15H15FN2O2S/c16-12-5-3-10(4-6-12)13-9-21-15(17-13)18-7-1-2-11(8-18)14(19)20/h3-6,9,11H,1-2,7-8H2,(H,19,20). The second-order valence-corrected chi connectivity index (χ2v) is 5.98. The molecule has 4 nitrogen and oxygen atoms in total. The lowest BCUT2D eigenvalue weighted by molar-refractivity contribution is -0.141. The van der Waals surface area contributed by atoms with Gasteiger partial charge in [0.1, 0.15) is 5.82 Å². The van der Waals surface area contributed by atoms with Gasteiger partial charge in [0.2, 0.25) is 0 Å². The molecule has 0 bridgehead atoms. The van der Waals surface area contributed by atoms with Crippen LogP contribution in [0.4, 0.5) is 9.52 Å². The Morgan fingerprint density at radius 2 is 2.14 bits per heavy atom. The van der Waals surface area contributed by atoms with Gasteiger partial charge in [-0.15, -0.1) is 11.3 Å². The average Bonchev–Trinajstić information content (AvgIpc) is 2.98. The van der Waals surface area contributed by atoms with Crippen LogP contribution < -0.4 is 4.90 Å². The number of anilines is 1. The first-order valence-corrected chi connectivity index (χ1v) is 7.70. The molecule has 1 N–H and O–H groups in total. The summed E-state index contributed by atoms with van der Waals surface area (Å²) in [6, 6.07) is 6.22. The van der Waals surface area contributed by atoms with Gasteiger partial charge < -0.3 is 10.0 Å². The molecule has 0 amide bonds. The summed E-state index contributed by atoms with van der Waals surface area (Å²) in [7, 11) is 0. The topological polar surface area (TPSA) is 53.4 Å². The monoisotopic (exact) mass is 306 g/mol. The van der Waals surface area contributed by atoms with Gasteiger partial charge >= 0.3 is 5.97 Å². The first-order valence-electron chi connectivity index (χ1n) is 6.83. The van der Waals surface area contributed by atoms with Gasteiger partial charge in [0.05, 0.1) is 11.6 Å². The van der Waals surface area contributed by atoms with Crippen LogP contribution in [0, 0.1) is 11.7 Å². The lowest BCUT2D eigenvalue weighted by Crippen LogP contribution is -2.38. The van der Waals surface area contributed by atoms with Gasteiger partial charge in [0.25, 0.3) is 0 Å². The van der Waals surface area contributed by atoms with Crippen LogP contribution in [-0.4, -0.2) is 29.1 Å². The molecule has 1 aliphatic heterocycles. The van der Waals surface area contributed by atoms with E-state index < -0.39 is 5.97 Å². The fraction of sp³-hybridized carbons (Fsp3) is 0.333. The predicted octanol–water partition coefficient (Wildman–Crippen LogP) is 3.25. The average molecular weight is 306 g/mol. The van der Waals surface area contributed by atoms with E-state index >= 15 is 0 Å². The van der Waals surface area contributed by atoms with Crippen molar-refractivity contribution >= 4 is 22.4 Å². The number of hydrogen-bond donors (Lipinski definition) is 1. The van der Waals surface area contributed by atoms with E-state index in [0.717, 1.165) is 35.8 Å². The van der Waals surface area contributed by atoms with Gasteiger partial charge in [-0.05, 0) is 37.1 Å². The largest absolute Gasteiger partial charge is 0.481 e. The Hall–Kier alpha value is -1.95. The number of benzene rings is 1. The lowest BCUT2D eigenvalue weighted by atomic mass is 9.99. The zero-order valence-corrected chi connectivity index (χ0v) is 12.1. The molecule has 1 aromatic carbocycles. The highest BCUT2D eigenvalue weighted by Gasteiger charge is 2.26. The number of carboxylic acids is 1. The normalized spacial score (nSPS) is 18.7. The van der Waals surface area contributed by atoms with Crippen LogP contribution in [0.25, 0.3) is 11.3 Å². The molecule has 3 rings (SSSR count). The fourth-order valence-electron chi connectivity index (χ4n) is 2.52. The summed E-state index contributed by atoms with van der Waals surface area (Å²) in [5.41, 5.74) is 1.66. The molecule has 1 saturated heterocycles. The molecular weight excluding hydrogens is 291 g/mol. The summed E-state index contributed by atoms with van der Waals surface area (Å²) in [4.78, 5) is 17.7. The number of halogens is 1. The van der Waals surface area contributed by atoms with Crippen LogP contribution in [0.3, 0.4) is 0 Å². The molecule has 1 atom stereocenters. The Balaban J connectivity index is 1.78. The summed E-state index contributed by atoms with van der Waals surface area (Å²) >= 11 is 1.50. The van der Waals surface area contributed by atoms with Crippen molar-refractivity contribution in [1.29, 1.82) is 0 Å². The number of piperidine rings is 1. The molecule has 1 fully saturated rings.